The van der Waals surface area contributed by atoms with Crippen LogP contribution in [0.2, 0.25) is 0 Å². The molecule has 1 aliphatic rings. The van der Waals surface area contributed by atoms with Crippen LogP contribution in [-0.4, -0.2) is 25.0 Å². The van der Waals surface area contributed by atoms with Gasteiger partial charge in [-0.25, -0.2) is 0 Å². The average molecular weight is 169 g/mol. The predicted octanol–water partition coefficient (Wildman–Crippen LogP) is 2.77. The highest BCUT2D eigenvalue weighted by Gasteiger charge is 2.03. The maximum Gasteiger partial charge on any atom is -0.00213 e. The lowest BCUT2D eigenvalue weighted by atomic mass is 10.4. The van der Waals surface area contributed by atoms with Crippen LogP contribution in [-0.2, 0) is 0 Å². The van der Waals surface area contributed by atoms with Crippen LogP contribution < -0.4 is 0 Å². The minimum Gasteiger partial charge on any atom is -0.306 e. The van der Waals surface area contributed by atoms with E-state index in [1.165, 1.54) is 25.9 Å². The van der Waals surface area contributed by atoms with Crippen LogP contribution in [0.15, 0.2) is 0 Å². The standard InChI is InChI=1S/C5H11N.C4H6.C2H6/c1-6-4-2-3-5-6;1-3-4-2;1-2/h2-5H2,1H3;1-2H3;1-2H3. The number of rotatable bonds is 0. The molecule has 72 valence electrons. The molecule has 0 saturated carbocycles. The molecule has 1 heterocycles. The fourth-order valence-corrected chi connectivity index (χ4v) is 0.875. The Balaban J connectivity index is 0. The molecule has 1 saturated heterocycles. The van der Waals surface area contributed by atoms with E-state index in [-0.39, 0.29) is 0 Å². The van der Waals surface area contributed by atoms with Crippen molar-refractivity contribution in [2.24, 2.45) is 0 Å². The van der Waals surface area contributed by atoms with Crippen molar-refractivity contribution >= 4 is 0 Å². The van der Waals surface area contributed by atoms with Gasteiger partial charge in [0.1, 0.15) is 0 Å². The smallest absolute Gasteiger partial charge is 0.00213 e. The molecule has 12 heavy (non-hydrogen) atoms. The second-order valence-corrected chi connectivity index (χ2v) is 2.51. The Hall–Kier alpha value is -0.480. The second-order valence-electron chi connectivity index (χ2n) is 2.51. The first-order chi connectivity index (χ1) is 5.81. The summed E-state index contributed by atoms with van der Waals surface area (Å²) in [7, 11) is 2.17. The van der Waals surface area contributed by atoms with E-state index in [4.69, 9.17) is 0 Å². The maximum atomic E-state index is 2.68. The number of likely N-dealkylation sites (tertiary alicyclic amines) is 1. The Bertz CT molecular complexity index is 107. The average Bonchev–Trinajstić information content (AvgIpc) is 2.60. The summed E-state index contributed by atoms with van der Waals surface area (Å²) >= 11 is 0. The number of hydrogen-bond acceptors (Lipinski definition) is 1. The molecule has 0 aromatic rings. The van der Waals surface area contributed by atoms with E-state index in [9.17, 15) is 0 Å². The van der Waals surface area contributed by atoms with Crippen LogP contribution in [0.4, 0.5) is 0 Å². The number of nitrogens with zero attached hydrogens (tertiary/aromatic N) is 1. The third-order valence-electron chi connectivity index (χ3n) is 1.58. The van der Waals surface area contributed by atoms with E-state index in [1.807, 2.05) is 27.7 Å². The number of hydrogen-bond donors (Lipinski definition) is 0. The van der Waals surface area contributed by atoms with E-state index < -0.39 is 0 Å². The molecule has 0 aromatic carbocycles. The van der Waals surface area contributed by atoms with Crippen molar-refractivity contribution in [2.75, 3.05) is 20.1 Å². The van der Waals surface area contributed by atoms with Gasteiger partial charge >= 0.3 is 0 Å². The van der Waals surface area contributed by atoms with E-state index in [2.05, 4.69) is 23.8 Å². The largest absolute Gasteiger partial charge is 0.306 e. The van der Waals surface area contributed by atoms with Crippen molar-refractivity contribution in [1.82, 2.24) is 4.90 Å². The topological polar surface area (TPSA) is 3.24 Å². The first kappa shape index (κ1) is 14.1. The van der Waals surface area contributed by atoms with Gasteiger partial charge in [-0.1, -0.05) is 13.8 Å². The van der Waals surface area contributed by atoms with Gasteiger partial charge in [0.25, 0.3) is 0 Å². The summed E-state index contributed by atoms with van der Waals surface area (Å²) in [6, 6.07) is 0. The Morgan fingerprint density at radius 3 is 1.33 bits per heavy atom. The lowest BCUT2D eigenvalue weighted by Crippen LogP contribution is -2.10. The van der Waals surface area contributed by atoms with Gasteiger partial charge < -0.3 is 4.90 Å². The zero-order chi connectivity index (χ0) is 9.82. The molecule has 1 fully saturated rings. The van der Waals surface area contributed by atoms with Crippen molar-refractivity contribution in [2.45, 2.75) is 40.5 Å². The van der Waals surface area contributed by atoms with Gasteiger partial charge in [-0.3, -0.25) is 0 Å². The molecule has 0 atom stereocenters. The zero-order valence-electron chi connectivity index (χ0n) is 9.28. The third-order valence-corrected chi connectivity index (χ3v) is 1.58. The van der Waals surface area contributed by atoms with Crippen molar-refractivity contribution in [3.63, 3.8) is 0 Å². The fraction of sp³-hybridized carbons (Fsp3) is 0.818. The van der Waals surface area contributed by atoms with E-state index in [1.54, 1.807) is 0 Å². The highest BCUT2D eigenvalue weighted by atomic mass is 15.1. The van der Waals surface area contributed by atoms with Crippen molar-refractivity contribution in [3.05, 3.63) is 0 Å². The molecular weight excluding hydrogens is 146 g/mol. The van der Waals surface area contributed by atoms with Crippen LogP contribution in [0, 0.1) is 11.8 Å². The van der Waals surface area contributed by atoms with Crippen LogP contribution in [0.3, 0.4) is 0 Å². The van der Waals surface area contributed by atoms with E-state index in [0.29, 0.717) is 0 Å². The Kier molecular flexibility index (Phi) is 15.4. The van der Waals surface area contributed by atoms with Gasteiger partial charge in [-0.15, -0.1) is 11.8 Å². The Morgan fingerprint density at radius 1 is 0.917 bits per heavy atom. The van der Waals surface area contributed by atoms with Gasteiger partial charge in [0, 0.05) is 0 Å². The van der Waals surface area contributed by atoms with Crippen LogP contribution in [0.25, 0.3) is 0 Å². The van der Waals surface area contributed by atoms with Gasteiger partial charge in [0.15, 0.2) is 0 Å². The van der Waals surface area contributed by atoms with Crippen molar-refractivity contribution < 1.29 is 0 Å². The molecule has 0 aliphatic carbocycles. The summed E-state index contributed by atoms with van der Waals surface area (Å²) < 4.78 is 0. The lowest BCUT2D eigenvalue weighted by Gasteiger charge is -2.01. The Morgan fingerprint density at radius 2 is 1.25 bits per heavy atom. The molecule has 0 radical (unpaired) electrons. The lowest BCUT2D eigenvalue weighted by molar-refractivity contribution is 0.418. The summed E-state index contributed by atoms with van der Waals surface area (Å²) in [6.07, 6.45) is 2.83. The summed E-state index contributed by atoms with van der Waals surface area (Å²) in [5, 5.41) is 0. The molecule has 0 spiro atoms. The maximum absolute atomic E-state index is 2.68. The summed E-state index contributed by atoms with van der Waals surface area (Å²) in [5.74, 6) is 5.36. The molecule has 0 amide bonds. The molecular formula is C11H23N. The Labute approximate surface area is 78.2 Å². The second kappa shape index (κ2) is 13.1. The van der Waals surface area contributed by atoms with Gasteiger partial charge in [0.2, 0.25) is 0 Å². The summed E-state index contributed by atoms with van der Waals surface area (Å²) in [4.78, 5) is 2.36. The first-order valence-corrected chi connectivity index (χ1v) is 4.83. The highest BCUT2D eigenvalue weighted by Crippen LogP contribution is 2.01. The van der Waals surface area contributed by atoms with Gasteiger partial charge in [-0.2, -0.15) is 0 Å². The summed E-state index contributed by atoms with van der Waals surface area (Å²) in [5.41, 5.74) is 0. The minimum atomic E-state index is 1.32. The molecule has 0 unspecified atom stereocenters. The normalized spacial score (nSPS) is 14.4. The molecule has 0 bridgehead atoms. The molecule has 1 heteroatoms. The third kappa shape index (κ3) is 12.2. The SMILES string of the molecule is CC.CC#CC.CN1CCCC1. The minimum absolute atomic E-state index is 1.32. The van der Waals surface area contributed by atoms with Crippen LogP contribution in [0.1, 0.15) is 40.5 Å². The van der Waals surface area contributed by atoms with Crippen LogP contribution >= 0.6 is 0 Å². The predicted molar refractivity (Wildman–Crippen MR) is 57.2 cm³/mol. The van der Waals surface area contributed by atoms with E-state index in [0.717, 1.165) is 0 Å². The molecule has 1 rings (SSSR count). The molecule has 1 nitrogen and oxygen atoms in total. The van der Waals surface area contributed by atoms with Crippen molar-refractivity contribution in [1.29, 1.82) is 0 Å². The quantitative estimate of drug-likeness (QED) is 0.504. The van der Waals surface area contributed by atoms with Gasteiger partial charge in [0.05, 0.1) is 0 Å². The van der Waals surface area contributed by atoms with Crippen molar-refractivity contribution in [3.8, 4) is 11.8 Å². The fourth-order valence-electron chi connectivity index (χ4n) is 0.875. The molecule has 1 aliphatic heterocycles. The first-order valence-electron chi connectivity index (χ1n) is 4.83. The van der Waals surface area contributed by atoms with Crippen LogP contribution in [0.5, 0.6) is 0 Å². The molecule has 0 aromatic heterocycles. The zero-order valence-corrected chi connectivity index (χ0v) is 9.28. The highest BCUT2D eigenvalue weighted by molar-refractivity contribution is 4.89. The van der Waals surface area contributed by atoms with E-state index >= 15 is 0 Å². The monoisotopic (exact) mass is 169 g/mol. The molecule has 0 N–H and O–H groups in total. The summed E-state index contributed by atoms with van der Waals surface area (Å²) in [6.45, 7) is 10.3. The van der Waals surface area contributed by atoms with Gasteiger partial charge in [-0.05, 0) is 46.8 Å².